The third-order valence-corrected chi connectivity index (χ3v) is 6.78. The van der Waals surface area contributed by atoms with Crippen molar-refractivity contribution in [3.63, 3.8) is 0 Å². The number of phenolic OH excluding ortho intramolecular Hbond substituents is 1. The zero-order valence-electron chi connectivity index (χ0n) is 14.4. The average Bonchev–Trinajstić information content (AvgIpc) is 2.80. The number of hydrogen-bond donors (Lipinski definition) is 3. The van der Waals surface area contributed by atoms with Gasteiger partial charge in [-0.3, -0.25) is 4.79 Å². The first-order chi connectivity index (χ1) is 12.2. The molecule has 7 nitrogen and oxygen atoms in total. The number of fused-ring (bicyclic) bond motifs is 1. The number of hydrogen-bond acceptors (Lipinski definition) is 6. The van der Waals surface area contributed by atoms with Crippen LogP contribution in [0.1, 0.15) is 19.4 Å². The molecule has 2 aliphatic heterocycles. The van der Waals surface area contributed by atoms with E-state index < -0.39 is 39.9 Å². The van der Waals surface area contributed by atoms with Crippen LogP contribution in [-0.2, 0) is 21.4 Å². The molecule has 3 rings (SSSR count). The molecule has 1 atom stereocenters. The van der Waals surface area contributed by atoms with Gasteiger partial charge < -0.3 is 10.4 Å². The van der Waals surface area contributed by atoms with Gasteiger partial charge in [-0.15, -0.1) is 11.8 Å². The monoisotopic (exact) mass is 401 g/mol. The predicted octanol–water partition coefficient (Wildman–Crippen LogP) is 1.28. The first-order valence-electron chi connectivity index (χ1n) is 8.06. The number of carbonyl (C=O) groups is 1. The number of nitrogens with one attached hydrogen (secondary N) is 2. The second-order valence-electron chi connectivity index (χ2n) is 6.47. The summed E-state index contributed by atoms with van der Waals surface area (Å²) in [4.78, 5) is 12.0. The van der Waals surface area contributed by atoms with Crippen molar-refractivity contribution in [1.82, 2.24) is 10.0 Å². The highest BCUT2D eigenvalue weighted by Crippen LogP contribution is 2.42. The Hall–Kier alpha value is -1.78. The predicted molar refractivity (Wildman–Crippen MR) is 98.1 cm³/mol. The molecule has 3 N–H and O–H groups in total. The Balaban J connectivity index is 1.92. The topological polar surface area (TPSA) is 98.7 Å². The van der Waals surface area contributed by atoms with Crippen LogP contribution in [0.15, 0.2) is 22.6 Å². The lowest BCUT2D eigenvalue weighted by Crippen LogP contribution is -2.36. The van der Waals surface area contributed by atoms with Crippen LogP contribution in [-0.4, -0.2) is 44.3 Å². The van der Waals surface area contributed by atoms with Gasteiger partial charge in [0.2, 0.25) is 0 Å². The standard InChI is InChI=1S/C16H20FN3O4S2/c1-9(2)3-4-18-10-5-11-13(25-8-10)6-12(21)16(15(11)17)20-7-14(22)19-26(20,23)24/h3,6,10,18,21H,4-5,7-8H2,1-2H3,(H,19,22)/t10-/m0/s1. The molecule has 0 aliphatic carbocycles. The van der Waals surface area contributed by atoms with E-state index in [1.54, 1.807) is 4.72 Å². The van der Waals surface area contributed by atoms with Gasteiger partial charge in [-0.2, -0.15) is 8.42 Å². The minimum atomic E-state index is -4.19. The van der Waals surface area contributed by atoms with E-state index in [1.165, 1.54) is 23.4 Å². The SMILES string of the molecule is CC(C)=CCN[C@@H]1CSc2cc(O)c(N3CC(=O)NS3(=O)=O)c(F)c2C1. The zero-order chi connectivity index (χ0) is 19.1. The lowest BCUT2D eigenvalue weighted by atomic mass is 10.0. The smallest absolute Gasteiger partial charge is 0.326 e. The molecule has 0 saturated carbocycles. The first kappa shape index (κ1) is 19.0. The molecule has 1 aromatic carbocycles. The maximum absolute atomic E-state index is 15.1. The number of phenols is 1. The van der Waals surface area contributed by atoms with Crippen LogP contribution in [0.2, 0.25) is 0 Å². The molecule has 1 aromatic rings. The fourth-order valence-electron chi connectivity index (χ4n) is 2.90. The summed E-state index contributed by atoms with van der Waals surface area (Å²) >= 11 is 1.40. The second kappa shape index (κ2) is 7.09. The van der Waals surface area contributed by atoms with Gasteiger partial charge in [-0.1, -0.05) is 11.6 Å². The number of carbonyl (C=O) groups excluding carboxylic acids is 1. The maximum Gasteiger partial charge on any atom is 0.326 e. The van der Waals surface area contributed by atoms with Gasteiger partial charge in [0.1, 0.15) is 18.0 Å². The van der Waals surface area contributed by atoms with Crippen molar-refractivity contribution in [2.75, 3.05) is 23.1 Å². The lowest BCUT2D eigenvalue weighted by molar-refractivity contribution is -0.117. The molecule has 142 valence electrons. The van der Waals surface area contributed by atoms with Crippen LogP contribution >= 0.6 is 11.8 Å². The zero-order valence-corrected chi connectivity index (χ0v) is 16.0. The summed E-state index contributed by atoms with van der Waals surface area (Å²) in [6.07, 6.45) is 2.40. The summed E-state index contributed by atoms with van der Waals surface area (Å²) in [6, 6.07) is 1.38. The Kier molecular flexibility index (Phi) is 5.18. The lowest BCUT2D eigenvalue weighted by Gasteiger charge is -2.27. The highest BCUT2D eigenvalue weighted by atomic mass is 32.2. The van der Waals surface area contributed by atoms with E-state index in [4.69, 9.17) is 0 Å². The molecule has 1 fully saturated rings. The Morgan fingerprint density at radius 2 is 2.27 bits per heavy atom. The highest BCUT2D eigenvalue weighted by molar-refractivity contribution is 7.99. The quantitative estimate of drug-likeness (QED) is 0.658. The third-order valence-electron chi connectivity index (χ3n) is 4.16. The van der Waals surface area contributed by atoms with Gasteiger partial charge >= 0.3 is 10.2 Å². The van der Waals surface area contributed by atoms with Crippen molar-refractivity contribution < 1.29 is 22.7 Å². The van der Waals surface area contributed by atoms with E-state index in [1.807, 2.05) is 19.9 Å². The van der Waals surface area contributed by atoms with E-state index in [-0.39, 0.29) is 6.04 Å². The van der Waals surface area contributed by atoms with E-state index in [0.717, 1.165) is 0 Å². The molecule has 0 spiro atoms. The van der Waals surface area contributed by atoms with Crippen LogP contribution in [0, 0.1) is 5.82 Å². The number of rotatable bonds is 4. The number of anilines is 1. The summed E-state index contributed by atoms with van der Waals surface area (Å²) in [7, 11) is -4.19. The minimum Gasteiger partial charge on any atom is -0.506 e. The van der Waals surface area contributed by atoms with Crippen LogP contribution in [0.3, 0.4) is 0 Å². The number of allylic oxidation sites excluding steroid dienone is 1. The Bertz CT molecular complexity index is 882. The number of aromatic hydroxyl groups is 1. The van der Waals surface area contributed by atoms with Crippen molar-refractivity contribution in [2.45, 2.75) is 31.2 Å². The number of amides is 1. The summed E-state index contributed by atoms with van der Waals surface area (Å²) in [6.45, 7) is 4.09. The van der Waals surface area contributed by atoms with E-state index >= 15 is 4.39 Å². The van der Waals surface area contributed by atoms with Crippen molar-refractivity contribution in [3.8, 4) is 5.75 Å². The summed E-state index contributed by atoms with van der Waals surface area (Å²) in [5.74, 6) is -1.35. The van der Waals surface area contributed by atoms with E-state index in [2.05, 4.69) is 5.32 Å². The van der Waals surface area contributed by atoms with E-state index in [0.29, 0.717) is 33.5 Å². The van der Waals surface area contributed by atoms with E-state index in [9.17, 15) is 18.3 Å². The molecule has 1 amide bonds. The molecule has 0 radical (unpaired) electrons. The van der Waals surface area contributed by atoms with Gasteiger partial charge in [0.25, 0.3) is 5.91 Å². The normalized spacial score (nSPS) is 21.3. The summed E-state index contributed by atoms with van der Waals surface area (Å²) in [5.41, 5.74) is 1.04. The van der Waals surface area contributed by atoms with Crippen LogP contribution in [0.25, 0.3) is 0 Å². The molecule has 1 saturated heterocycles. The highest BCUT2D eigenvalue weighted by Gasteiger charge is 2.39. The van der Waals surface area contributed by atoms with Crippen molar-refractivity contribution >= 4 is 33.6 Å². The summed E-state index contributed by atoms with van der Waals surface area (Å²) < 4.78 is 41.5. The maximum atomic E-state index is 15.1. The Morgan fingerprint density at radius 1 is 1.54 bits per heavy atom. The number of halogens is 1. The van der Waals surface area contributed by atoms with Gasteiger partial charge in [-0.25, -0.2) is 13.4 Å². The Labute approximate surface area is 155 Å². The van der Waals surface area contributed by atoms with Crippen molar-refractivity contribution in [2.24, 2.45) is 0 Å². The number of thioether (sulfide) groups is 1. The molecular formula is C16H20FN3O4S2. The van der Waals surface area contributed by atoms with Crippen molar-refractivity contribution in [1.29, 1.82) is 0 Å². The molecule has 0 unspecified atom stereocenters. The number of nitrogens with zero attached hydrogens (tertiary/aromatic N) is 1. The van der Waals surface area contributed by atoms with Gasteiger partial charge in [0.15, 0.2) is 5.82 Å². The number of benzene rings is 1. The van der Waals surface area contributed by atoms with Crippen LogP contribution in [0.5, 0.6) is 5.75 Å². The molecule has 0 bridgehead atoms. The molecule has 2 heterocycles. The third kappa shape index (κ3) is 3.67. The average molecular weight is 401 g/mol. The fraction of sp³-hybridized carbons (Fsp3) is 0.438. The first-order valence-corrected chi connectivity index (χ1v) is 10.5. The Morgan fingerprint density at radius 3 is 2.88 bits per heavy atom. The van der Waals surface area contributed by atoms with Crippen LogP contribution in [0.4, 0.5) is 10.1 Å². The van der Waals surface area contributed by atoms with Gasteiger partial charge in [0.05, 0.1) is 0 Å². The molecule has 10 heteroatoms. The van der Waals surface area contributed by atoms with Gasteiger partial charge in [0, 0.05) is 28.8 Å². The fourth-order valence-corrected chi connectivity index (χ4v) is 5.22. The molecule has 26 heavy (non-hydrogen) atoms. The summed E-state index contributed by atoms with van der Waals surface area (Å²) in [5, 5.41) is 13.5. The van der Waals surface area contributed by atoms with Crippen LogP contribution < -0.4 is 14.3 Å². The van der Waals surface area contributed by atoms with Gasteiger partial charge in [-0.05, 0) is 26.3 Å². The second-order valence-corrected chi connectivity index (χ2v) is 9.13. The minimum absolute atomic E-state index is 0.0185. The molecule has 0 aromatic heterocycles. The van der Waals surface area contributed by atoms with Crippen molar-refractivity contribution in [3.05, 3.63) is 29.1 Å². The largest absolute Gasteiger partial charge is 0.506 e. The molecular weight excluding hydrogens is 381 g/mol. The molecule has 2 aliphatic rings.